The number of methoxy groups -OCH3 is 1. The Morgan fingerprint density at radius 1 is 1.21 bits per heavy atom. The second-order valence-corrected chi connectivity index (χ2v) is 12.0. The Morgan fingerprint density at radius 3 is 2.57 bits per heavy atom. The van der Waals surface area contributed by atoms with Crippen molar-refractivity contribution < 1.29 is 53.5 Å². The number of aromatic nitrogens is 1. The van der Waals surface area contributed by atoms with Gasteiger partial charge in [-0.15, -0.1) is 4.73 Å². The number of cyclic esters (lactones) is 1. The summed E-state index contributed by atoms with van der Waals surface area (Å²) in [5.74, 6) is -4.42. The van der Waals surface area contributed by atoms with Crippen molar-refractivity contribution in [1.29, 1.82) is 0 Å². The molecule has 4 bridgehead atoms. The first-order valence-corrected chi connectivity index (χ1v) is 14.3. The minimum absolute atomic E-state index is 0.205. The molecule has 2 aliphatic carbocycles. The lowest BCUT2D eigenvalue weighted by Crippen LogP contribution is -2.57. The number of rotatable bonds is 5. The molecule has 4 aliphatic rings. The Kier molecular flexibility index (Phi) is 8.03. The van der Waals surface area contributed by atoms with Crippen molar-refractivity contribution in [2.24, 2.45) is 29.6 Å². The van der Waals surface area contributed by atoms with Crippen LogP contribution in [0.5, 0.6) is 5.88 Å². The first-order chi connectivity index (χ1) is 19.8. The molecule has 12 nitrogen and oxygen atoms in total. The molecule has 12 heteroatoms. The van der Waals surface area contributed by atoms with E-state index in [9.17, 15) is 29.8 Å². The number of hydrogen-bond donors (Lipinski definition) is 3. The SMILES string of the molecule is CO[C@H]1C[C@H]2C=CC3C4C(O)[C@@H](C)[C@@H](OC(=O)c5ccc(OC(C)=O)n5O)[C@@H]3O[C@]42/C(C)=C/[C@@H](C)[C@@H]([C@@H](C)O)OC1=O. The van der Waals surface area contributed by atoms with Gasteiger partial charge in [-0.25, -0.2) is 9.59 Å². The van der Waals surface area contributed by atoms with Gasteiger partial charge in [0.2, 0.25) is 5.88 Å². The summed E-state index contributed by atoms with van der Waals surface area (Å²) in [5, 5.41) is 32.6. The van der Waals surface area contributed by atoms with E-state index in [0.717, 1.165) is 5.57 Å². The van der Waals surface area contributed by atoms with Crippen molar-refractivity contribution in [2.45, 2.75) is 83.3 Å². The molecule has 1 saturated carbocycles. The fourth-order valence-corrected chi connectivity index (χ4v) is 7.47. The number of carbonyl (C=O) groups excluding carboxylic acids is 3. The van der Waals surface area contributed by atoms with E-state index < -0.39 is 72.0 Å². The smallest absolute Gasteiger partial charge is 0.358 e. The lowest BCUT2D eigenvalue weighted by atomic mass is 9.57. The fourth-order valence-electron chi connectivity index (χ4n) is 7.47. The molecule has 230 valence electrons. The summed E-state index contributed by atoms with van der Waals surface area (Å²) in [7, 11) is 1.42. The molecular formula is C30H39NO11. The summed E-state index contributed by atoms with van der Waals surface area (Å²) in [6.07, 6.45) is 0.859. The van der Waals surface area contributed by atoms with Gasteiger partial charge in [0.15, 0.2) is 11.8 Å². The monoisotopic (exact) mass is 589 g/mol. The highest BCUT2D eigenvalue weighted by Gasteiger charge is 2.69. The average molecular weight is 590 g/mol. The predicted octanol–water partition coefficient (Wildman–Crippen LogP) is 2.04. The van der Waals surface area contributed by atoms with E-state index in [2.05, 4.69) is 0 Å². The first kappa shape index (κ1) is 30.3. The van der Waals surface area contributed by atoms with Crippen molar-refractivity contribution in [3.8, 4) is 5.88 Å². The van der Waals surface area contributed by atoms with Crippen LogP contribution in [0.15, 0.2) is 35.9 Å². The summed E-state index contributed by atoms with van der Waals surface area (Å²) >= 11 is 0. The number of aliphatic hydroxyl groups is 2. The molecule has 12 atom stereocenters. The molecule has 0 amide bonds. The van der Waals surface area contributed by atoms with E-state index in [1.807, 2.05) is 32.1 Å². The number of carbonyl (C=O) groups is 3. The highest BCUT2D eigenvalue weighted by molar-refractivity contribution is 5.88. The molecule has 5 rings (SSSR count). The van der Waals surface area contributed by atoms with E-state index in [4.69, 9.17) is 23.7 Å². The Morgan fingerprint density at radius 2 is 1.93 bits per heavy atom. The van der Waals surface area contributed by atoms with Crippen LogP contribution in [0.2, 0.25) is 0 Å². The normalized spacial score (nSPS) is 41.1. The van der Waals surface area contributed by atoms with Crippen LogP contribution in [0, 0.1) is 29.6 Å². The van der Waals surface area contributed by atoms with Gasteiger partial charge in [-0.05, 0) is 31.9 Å². The fraction of sp³-hybridized carbons (Fsp3) is 0.633. The third-order valence-electron chi connectivity index (χ3n) is 9.40. The average Bonchev–Trinajstić information content (AvgIpc) is 3.37. The van der Waals surface area contributed by atoms with E-state index in [-0.39, 0.29) is 35.7 Å². The second kappa shape index (κ2) is 11.1. The van der Waals surface area contributed by atoms with Crippen molar-refractivity contribution >= 4 is 17.9 Å². The molecule has 0 aromatic carbocycles. The topological polar surface area (TPSA) is 163 Å². The largest absolute Gasteiger partial charge is 0.457 e. The van der Waals surface area contributed by atoms with Gasteiger partial charge >= 0.3 is 17.9 Å². The Labute approximate surface area is 243 Å². The van der Waals surface area contributed by atoms with Gasteiger partial charge in [-0.3, -0.25) is 4.79 Å². The molecule has 1 aromatic heterocycles. The minimum atomic E-state index is -1.05. The Hall–Kier alpha value is -3.19. The van der Waals surface area contributed by atoms with Crippen molar-refractivity contribution in [3.05, 3.63) is 41.6 Å². The highest BCUT2D eigenvalue weighted by Crippen LogP contribution is 2.61. The summed E-state index contributed by atoms with van der Waals surface area (Å²) in [5.41, 5.74) is -0.490. The van der Waals surface area contributed by atoms with E-state index in [1.54, 1.807) is 13.8 Å². The molecule has 2 aliphatic heterocycles. The molecule has 1 saturated heterocycles. The number of ether oxygens (including phenoxy) is 5. The van der Waals surface area contributed by atoms with Crippen LogP contribution in [0.3, 0.4) is 0 Å². The summed E-state index contributed by atoms with van der Waals surface area (Å²) < 4.78 is 29.4. The maximum Gasteiger partial charge on any atom is 0.358 e. The van der Waals surface area contributed by atoms with Crippen molar-refractivity contribution in [2.75, 3.05) is 7.11 Å². The Bertz CT molecular complexity index is 1300. The second-order valence-electron chi connectivity index (χ2n) is 12.0. The quantitative estimate of drug-likeness (QED) is 0.262. The highest BCUT2D eigenvalue weighted by atomic mass is 16.6. The maximum absolute atomic E-state index is 13.2. The van der Waals surface area contributed by atoms with E-state index in [1.165, 1.54) is 26.2 Å². The molecule has 0 radical (unpaired) electrons. The lowest BCUT2D eigenvalue weighted by Gasteiger charge is -2.48. The predicted molar refractivity (Wildman–Crippen MR) is 144 cm³/mol. The van der Waals surface area contributed by atoms with Crippen molar-refractivity contribution in [1.82, 2.24) is 4.73 Å². The van der Waals surface area contributed by atoms with Crippen LogP contribution >= 0.6 is 0 Å². The number of hydrogen-bond acceptors (Lipinski definition) is 11. The zero-order chi connectivity index (χ0) is 30.7. The molecule has 3 unspecified atom stereocenters. The number of nitrogens with zero attached hydrogens (tertiary/aromatic N) is 1. The zero-order valence-electron chi connectivity index (χ0n) is 24.5. The molecule has 3 N–H and O–H groups in total. The van der Waals surface area contributed by atoms with E-state index in [0.29, 0.717) is 4.73 Å². The standard InChI is InChI=1S/C30H39NO11/c1-13-11-14(2)30-18(12-21(38-6)29(36)40-25(13)16(4)32)7-8-19-23(30)24(34)15(3)26(27(19)42-30)41-28(35)20-9-10-22(31(20)37)39-17(5)33/h7-11,13,15-16,18-19,21,23-27,32,34,37H,12H2,1-6H3/b14-11+/t13-,15-,16-,18-,19?,21+,23?,24?,25+,26-,27-,30+/m1/s1. The van der Waals surface area contributed by atoms with Gasteiger partial charge in [0.1, 0.15) is 23.9 Å². The van der Waals surface area contributed by atoms with Crippen LogP contribution in [0.4, 0.5) is 0 Å². The molecular weight excluding hydrogens is 550 g/mol. The summed E-state index contributed by atoms with van der Waals surface area (Å²) in [6.45, 7) is 8.27. The lowest BCUT2D eigenvalue weighted by molar-refractivity contribution is -0.172. The minimum Gasteiger partial charge on any atom is -0.457 e. The third-order valence-corrected chi connectivity index (χ3v) is 9.40. The summed E-state index contributed by atoms with van der Waals surface area (Å²) in [6, 6.07) is 2.54. The van der Waals surface area contributed by atoms with Gasteiger partial charge < -0.3 is 39.1 Å². The third kappa shape index (κ3) is 4.74. The van der Waals surface area contributed by atoms with Crippen LogP contribution in [-0.2, 0) is 28.5 Å². The summed E-state index contributed by atoms with van der Waals surface area (Å²) in [4.78, 5) is 37.7. The van der Waals surface area contributed by atoms with Gasteiger partial charge in [0, 0.05) is 49.7 Å². The molecule has 42 heavy (non-hydrogen) atoms. The van der Waals surface area contributed by atoms with Gasteiger partial charge in [0.25, 0.3) is 0 Å². The van der Waals surface area contributed by atoms with Crippen LogP contribution in [0.25, 0.3) is 0 Å². The molecule has 1 aromatic rings. The Balaban J connectivity index is 1.52. The number of aliphatic hydroxyl groups excluding tert-OH is 2. The van der Waals surface area contributed by atoms with Crippen LogP contribution < -0.4 is 4.74 Å². The number of esters is 3. The first-order valence-electron chi connectivity index (χ1n) is 14.3. The van der Waals surface area contributed by atoms with Gasteiger partial charge in [0.05, 0.1) is 12.2 Å². The zero-order valence-corrected chi connectivity index (χ0v) is 24.5. The molecule has 1 spiro atoms. The van der Waals surface area contributed by atoms with Crippen LogP contribution in [0.1, 0.15) is 51.5 Å². The van der Waals surface area contributed by atoms with Gasteiger partial charge in [-0.2, -0.15) is 0 Å². The maximum atomic E-state index is 13.2. The van der Waals surface area contributed by atoms with Crippen molar-refractivity contribution in [3.63, 3.8) is 0 Å². The molecule has 2 fully saturated rings. The van der Waals surface area contributed by atoms with Crippen LogP contribution in [-0.4, -0.2) is 87.4 Å². The molecule has 3 heterocycles. The van der Waals surface area contributed by atoms with Gasteiger partial charge in [-0.1, -0.05) is 32.1 Å². The van der Waals surface area contributed by atoms with E-state index >= 15 is 0 Å².